The van der Waals surface area contributed by atoms with Gasteiger partial charge in [0.2, 0.25) is 10.0 Å². The number of sulfonamides is 1. The van der Waals surface area contributed by atoms with Gasteiger partial charge in [0.15, 0.2) is 0 Å². The lowest BCUT2D eigenvalue weighted by atomic mass is 9.80. The fourth-order valence-corrected chi connectivity index (χ4v) is 4.78. The zero-order chi connectivity index (χ0) is 15.8. The van der Waals surface area contributed by atoms with Crippen molar-refractivity contribution < 1.29 is 12.8 Å². The molecular formula is C14H20ClFN2O2S. The third-order valence-electron chi connectivity index (χ3n) is 4.08. The Morgan fingerprint density at radius 2 is 2.00 bits per heavy atom. The van der Waals surface area contributed by atoms with Crippen LogP contribution < -0.4 is 10.5 Å². The molecule has 7 heteroatoms. The Labute approximate surface area is 129 Å². The van der Waals surface area contributed by atoms with Gasteiger partial charge >= 0.3 is 0 Å². The van der Waals surface area contributed by atoms with Crippen LogP contribution in [-0.4, -0.2) is 14.5 Å². The van der Waals surface area contributed by atoms with Crippen molar-refractivity contribution in [3.63, 3.8) is 0 Å². The van der Waals surface area contributed by atoms with Crippen LogP contribution in [0.5, 0.6) is 0 Å². The summed E-state index contributed by atoms with van der Waals surface area (Å²) in [7, 11) is -3.81. The summed E-state index contributed by atoms with van der Waals surface area (Å²) in [4.78, 5) is -0.172. The van der Waals surface area contributed by atoms with Gasteiger partial charge in [-0.3, -0.25) is 0 Å². The Hall–Kier alpha value is -0.850. The van der Waals surface area contributed by atoms with Gasteiger partial charge in [-0.25, -0.2) is 17.5 Å². The molecule has 0 spiro atoms. The lowest BCUT2D eigenvalue weighted by Gasteiger charge is -2.33. The molecule has 3 atom stereocenters. The lowest BCUT2D eigenvalue weighted by Crippen LogP contribution is -2.42. The van der Waals surface area contributed by atoms with Gasteiger partial charge < -0.3 is 5.73 Å². The molecular weight excluding hydrogens is 315 g/mol. The molecule has 0 saturated heterocycles. The van der Waals surface area contributed by atoms with Gasteiger partial charge in [0.05, 0.1) is 10.7 Å². The van der Waals surface area contributed by atoms with Gasteiger partial charge in [-0.1, -0.05) is 25.4 Å². The highest BCUT2D eigenvalue weighted by Crippen LogP contribution is 2.31. The minimum absolute atomic E-state index is 0.131. The van der Waals surface area contributed by atoms with Gasteiger partial charge in [-0.15, -0.1) is 0 Å². The van der Waals surface area contributed by atoms with Crippen molar-refractivity contribution in [2.45, 2.75) is 44.0 Å². The molecule has 3 unspecified atom stereocenters. The van der Waals surface area contributed by atoms with E-state index in [1.165, 1.54) is 0 Å². The van der Waals surface area contributed by atoms with E-state index in [2.05, 4.69) is 11.6 Å². The number of rotatable bonds is 3. The van der Waals surface area contributed by atoms with Gasteiger partial charge in [0.1, 0.15) is 10.7 Å². The molecule has 1 aliphatic carbocycles. The summed E-state index contributed by atoms with van der Waals surface area (Å²) in [6.07, 6.45) is 2.75. The number of halogens is 2. The molecule has 1 aromatic carbocycles. The number of nitrogens with one attached hydrogen (secondary N) is 1. The predicted molar refractivity (Wildman–Crippen MR) is 82.1 cm³/mol. The highest BCUT2D eigenvalue weighted by molar-refractivity contribution is 7.89. The summed E-state index contributed by atoms with van der Waals surface area (Å²) in [6.45, 7) is 4.20. The molecule has 4 nitrogen and oxygen atoms in total. The summed E-state index contributed by atoms with van der Waals surface area (Å²) in [5.74, 6) is 0.129. The molecule has 1 saturated carbocycles. The molecule has 1 fully saturated rings. The van der Waals surface area contributed by atoms with E-state index in [0.29, 0.717) is 5.92 Å². The monoisotopic (exact) mass is 334 g/mol. The van der Waals surface area contributed by atoms with Crippen LogP contribution in [0.2, 0.25) is 5.02 Å². The van der Waals surface area contributed by atoms with Crippen molar-refractivity contribution in [1.29, 1.82) is 0 Å². The zero-order valence-electron chi connectivity index (χ0n) is 12.1. The Morgan fingerprint density at radius 1 is 1.33 bits per heavy atom. The van der Waals surface area contributed by atoms with Gasteiger partial charge in [-0.2, -0.15) is 0 Å². The Balaban J connectivity index is 2.25. The van der Waals surface area contributed by atoms with Gasteiger partial charge in [-0.05, 0) is 43.2 Å². The van der Waals surface area contributed by atoms with Crippen molar-refractivity contribution in [3.05, 3.63) is 23.0 Å². The second kappa shape index (κ2) is 6.10. The number of nitrogens with two attached hydrogens (primary N) is 1. The van der Waals surface area contributed by atoms with Crippen LogP contribution in [0.3, 0.4) is 0 Å². The van der Waals surface area contributed by atoms with Gasteiger partial charge in [0.25, 0.3) is 0 Å². The second-order valence-corrected chi connectivity index (χ2v) is 8.02. The van der Waals surface area contributed by atoms with Crippen LogP contribution in [0, 0.1) is 17.7 Å². The Kier molecular flexibility index (Phi) is 4.80. The Morgan fingerprint density at radius 3 is 2.62 bits per heavy atom. The molecule has 118 valence electrons. The van der Waals surface area contributed by atoms with E-state index in [1.807, 2.05) is 6.92 Å². The molecule has 0 radical (unpaired) electrons. The smallest absolute Gasteiger partial charge is 0.242 e. The SMILES string of the molecule is CC1CCC(NS(=O)(=O)c2cc(N)c(F)cc2Cl)C(C)C1. The first kappa shape index (κ1) is 16.5. The Bertz CT molecular complexity index is 636. The van der Waals surface area contributed by atoms with Crippen LogP contribution >= 0.6 is 11.6 Å². The second-order valence-electron chi connectivity index (χ2n) is 5.93. The first-order valence-electron chi connectivity index (χ1n) is 6.97. The number of benzene rings is 1. The molecule has 3 N–H and O–H groups in total. The highest BCUT2D eigenvalue weighted by Gasteiger charge is 2.30. The quantitative estimate of drug-likeness (QED) is 0.834. The third-order valence-corrected chi connectivity index (χ3v) is 6.03. The predicted octanol–water partition coefficient (Wildman–Crippen LogP) is 3.16. The average Bonchev–Trinajstić information content (AvgIpc) is 2.37. The molecule has 1 aromatic rings. The van der Waals surface area contributed by atoms with E-state index in [1.54, 1.807) is 0 Å². The maximum atomic E-state index is 13.3. The first-order valence-corrected chi connectivity index (χ1v) is 8.83. The topological polar surface area (TPSA) is 72.2 Å². The van der Waals surface area contributed by atoms with Crippen molar-refractivity contribution >= 4 is 27.3 Å². The number of nitrogen functional groups attached to an aromatic ring is 1. The van der Waals surface area contributed by atoms with Crippen LogP contribution in [0.15, 0.2) is 17.0 Å². The van der Waals surface area contributed by atoms with Crippen LogP contribution in [-0.2, 0) is 10.0 Å². The van der Waals surface area contributed by atoms with Gasteiger partial charge in [0, 0.05) is 6.04 Å². The molecule has 1 aliphatic rings. The standard InChI is InChI=1S/C14H20ClFN2O2S/c1-8-3-4-13(9(2)5-8)18-21(19,20)14-7-12(17)11(16)6-10(14)15/h6-9,13,18H,3-5,17H2,1-2H3. The largest absolute Gasteiger partial charge is 0.396 e. The number of hydrogen-bond donors (Lipinski definition) is 2. The first-order chi connectivity index (χ1) is 9.70. The minimum atomic E-state index is -3.81. The molecule has 2 rings (SSSR count). The lowest BCUT2D eigenvalue weighted by molar-refractivity contribution is 0.249. The highest BCUT2D eigenvalue weighted by atomic mass is 35.5. The molecule has 0 aliphatic heterocycles. The number of hydrogen-bond acceptors (Lipinski definition) is 3. The molecule has 0 amide bonds. The normalized spacial score (nSPS) is 26.8. The van der Waals surface area contributed by atoms with Crippen molar-refractivity contribution in [2.24, 2.45) is 11.8 Å². The fraction of sp³-hybridized carbons (Fsp3) is 0.571. The summed E-state index contributed by atoms with van der Waals surface area (Å²) < 4.78 is 40.8. The van der Waals surface area contributed by atoms with Crippen LogP contribution in [0.1, 0.15) is 33.1 Å². The minimum Gasteiger partial charge on any atom is -0.396 e. The fourth-order valence-electron chi connectivity index (χ4n) is 2.85. The number of anilines is 1. The molecule has 0 bridgehead atoms. The average molecular weight is 335 g/mol. The summed E-state index contributed by atoms with van der Waals surface area (Å²) in [5, 5.41) is -0.161. The van der Waals surface area contributed by atoms with E-state index < -0.39 is 15.8 Å². The van der Waals surface area contributed by atoms with Crippen LogP contribution in [0.4, 0.5) is 10.1 Å². The summed E-state index contributed by atoms with van der Waals surface area (Å²) >= 11 is 5.85. The van der Waals surface area contributed by atoms with E-state index in [4.69, 9.17) is 17.3 Å². The molecule has 0 aromatic heterocycles. The van der Waals surface area contributed by atoms with Crippen LogP contribution in [0.25, 0.3) is 0 Å². The van der Waals surface area contributed by atoms with E-state index in [9.17, 15) is 12.8 Å². The third kappa shape index (κ3) is 3.67. The summed E-state index contributed by atoms with van der Waals surface area (Å²) in [6, 6.07) is 1.86. The zero-order valence-corrected chi connectivity index (χ0v) is 13.6. The van der Waals surface area contributed by atoms with Crippen molar-refractivity contribution in [3.8, 4) is 0 Å². The van der Waals surface area contributed by atoms with E-state index >= 15 is 0 Å². The van der Waals surface area contributed by atoms with Crippen molar-refractivity contribution in [1.82, 2.24) is 4.72 Å². The molecule has 21 heavy (non-hydrogen) atoms. The van der Waals surface area contributed by atoms with E-state index in [-0.39, 0.29) is 27.6 Å². The molecule has 0 heterocycles. The van der Waals surface area contributed by atoms with E-state index in [0.717, 1.165) is 31.4 Å². The summed E-state index contributed by atoms with van der Waals surface area (Å²) in [5.41, 5.74) is 5.21. The maximum absolute atomic E-state index is 13.3. The van der Waals surface area contributed by atoms with Crippen molar-refractivity contribution in [2.75, 3.05) is 5.73 Å². The maximum Gasteiger partial charge on any atom is 0.242 e.